The average molecular weight is 349 g/mol. The lowest BCUT2D eigenvalue weighted by molar-refractivity contribution is 0.310. The van der Waals surface area contributed by atoms with Gasteiger partial charge in [0, 0.05) is 5.75 Å². The van der Waals surface area contributed by atoms with Crippen LogP contribution in [0.1, 0.15) is 12.8 Å². The Hall–Kier alpha value is -2.53. The molecule has 0 atom stereocenters. The fraction of sp³-hybridized carbons (Fsp3) is 0.200. The molecule has 0 amide bonds. The Balaban J connectivity index is 1.35. The van der Waals surface area contributed by atoms with Crippen LogP contribution in [0.4, 0.5) is 0 Å². The predicted molar refractivity (Wildman–Crippen MR) is 102 cm³/mol. The summed E-state index contributed by atoms with van der Waals surface area (Å²) in [7, 11) is 0. The molecule has 2 aromatic heterocycles. The van der Waals surface area contributed by atoms with Crippen LogP contribution in [0.25, 0.3) is 16.6 Å². The summed E-state index contributed by atoms with van der Waals surface area (Å²) in [6.07, 6.45) is 2.11. The normalized spacial score (nSPS) is 11.2. The summed E-state index contributed by atoms with van der Waals surface area (Å²) in [5.41, 5.74) is 2.05. The van der Waals surface area contributed by atoms with E-state index in [9.17, 15) is 0 Å². The molecule has 0 saturated carbocycles. The van der Waals surface area contributed by atoms with Crippen LogP contribution in [0.5, 0.6) is 5.75 Å². The third-order valence-corrected chi connectivity index (χ3v) is 5.05. The molecule has 25 heavy (non-hydrogen) atoms. The molecule has 126 valence electrons. The Kier molecular flexibility index (Phi) is 4.84. The van der Waals surface area contributed by atoms with E-state index in [0.717, 1.165) is 47.3 Å². The average Bonchev–Trinajstić information content (AvgIpc) is 3.09. The molecule has 2 aromatic carbocycles. The summed E-state index contributed by atoms with van der Waals surface area (Å²) >= 11 is 1.75. The van der Waals surface area contributed by atoms with E-state index in [1.165, 1.54) is 5.39 Å². The number of para-hydroxylation sites is 2. The number of nitrogens with zero attached hydrogens (tertiary/aromatic N) is 3. The van der Waals surface area contributed by atoms with Crippen molar-refractivity contribution in [3.63, 3.8) is 0 Å². The molecule has 2 heterocycles. The topological polar surface area (TPSA) is 39.4 Å². The molecule has 0 fully saturated rings. The molecule has 0 aliphatic carbocycles. The number of pyridine rings is 1. The van der Waals surface area contributed by atoms with Crippen molar-refractivity contribution < 1.29 is 4.74 Å². The van der Waals surface area contributed by atoms with Crippen molar-refractivity contribution in [3.8, 4) is 5.75 Å². The number of thioether (sulfide) groups is 1. The molecular weight excluding hydrogens is 330 g/mol. The predicted octanol–water partition coefficient (Wildman–Crippen LogP) is 4.83. The Morgan fingerprint density at radius 3 is 2.60 bits per heavy atom. The van der Waals surface area contributed by atoms with Gasteiger partial charge in [0.1, 0.15) is 5.75 Å². The van der Waals surface area contributed by atoms with E-state index in [0.29, 0.717) is 0 Å². The van der Waals surface area contributed by atoms with Crippen LogP contribution in [0.3, 0.4) is 0 Å². The second-order valence-corrected chi connectivity index (χ2v) is 6.85. The SMILES string of the molecule is c1ccc(OCCCCSc2nnc3ccc4ccccc4n23)cc1. The van der Waals surface area contributed by atoms with E-state index < -0.39 is 0 Å². The Morgan fingerprint density at radius 1 is 0.840 bits per heavy atom. The van der Waals surface area contributed by atoms with Crippen LogP contribution < -0.4 is 4.74 Å². The zero-order valence-corrected chi connectivity index (χ0v) is 14.7. The highest BCUT2D eigenvalue weighted by atomic mass is 32.2. The molecule has 0 aliphatic heterocycles. The minimum atomic E-state index is 0.744. The van der Waals surface area contributed by atoms with Gasteiger partial charge in [-0.05, 0) is 48.6 Å². The molecule has 4 aromatic rings. The van der Waals surface area contributed by atoms with Crippen molar-refractivity contribution in [1.29, 1.82) is 0 Å². The number of benzene rings is 2. The number of rotatable bonds is 7. The van der Waals surface area contributed by atoms with Crippen molar-refractivity contribution in [2.24, 2.45) is 0 Å². The van der Waals surface area contributed by atoms with Crippen molar-refractivity contribution in [2.45, 2.75) is 18.0 Å². The lowest BCUT2D eigenvalue weighted by atomic mass is 10.2. The number of fused-ring (bicyclic) bond motifs is 3. The van der Waals surface area contributed by atoms with Crippen LogP contribution in [0.2, 0.25) is 0 Å². The van der Waals surface area contributed by atoms with E-state index in [2.05, 4.69) is 44.9 Å². The van der Waals surface area contributed by atoms with Crippen LogP contribution >= 0.6 is 11.8 Å². The second-order valence-electron chi connectivity index (χ2n) is 5.79. The summed E-state index contributed by atoms with van der Waals surface area (Å²) < 4.78 is 7.87. The molecule has 0 spiro atoms. The third-order valence-electron chi connectivity index (χ3n) is 4.03. The summed E-state index contributed by atoms with van der Waals surface area (Å²) in [5, 5.41) is 10.8. The fourth-order valence-corrected chi connectivity index (χ4v) is 3.73. The molecule has 4 rings (SSSR count). The highest BCUT2D eigenvalue weighted by molar-refractivity contribution is 7.99. The van der Waals surface area contributed by atoms with Crippen molar-refractivity contribution in [1.82, 2.24) is 14.6 Å². The van der Waals surface area contributed by atoms with Gasteiger partial charge in [-0.1, -0.05) is 48.2 Å². The van der Waals surface area contributed by atoms with E-state index in [-0.39, 0.29) is 0 Å². The van der Waals surface area contributed by atoms with Crippen molar-refractivity contribution in [2.75, 3.05) is 12.4 Å². The van der Waals surface area contributed by atoms with Crippen LogP contribution in [0, 0.1) is 0 Å². The number of ether oxygens (including phenoxy) is 1. The van der Waals surface area contributed by atoms with Gasteiger partial charge in [0.2, 0.25) is 0 Å². The molecule has 5 heteroatoms. The first-order valence-electron chi connectivity index (χ1n) is 8.45. The van der Waals surface area contributed by atoms with E-state index in [1.807, 2.05) is 36.4 Å². The smallest absolute Gasteiger partial charge is 0.196 e. The van der Waals surface area contributed by atoms with Crippen LogP contribution in [-0.4, -0.2) is 27.0 Å². The number of aromatic nitrogens is 3. The van der Waals surface area contributed by atoms with E-state index in [4.69, 9.17) is 4.74 Å². The maximum absolute atomic E-state index is 5.73. The standard InChI is InChI=1S/C20H19N3OS/c1-2-9-17(10-3-1)24-14-6-7-15-25-20-22-21-19-13-12-16-8-4-5-11-18(16)23(19)20/h1-5,8-13H,6-7,14-15H2. The highest BCUT2D eigenvalue weighted by Crippen LogP contribution is 2.23. The molecule has 0 bridgehead atoms. The van der Waals surface area contributed by atoms with Gasteiger partial charge >= 0.3 is 0 Å². The van der Waals surface area contributed by atoms with Gasteiger partial charge in [0.15, 0.2) is 10.8 Å². The lowest BCUT2D eigenvalue weighted by Crippen LogP contribution is -1.98. The van der Waals surface area contributed by atoms with Gasteiger partial charge < -0.3 is 4.74 Å². The quantitative estimate of drug-likeness (QED) is 0.354. The summed E-state index contributed by atoms with van der Waals surface area (Å²) in [5.74, 6) is 1.94. The van der Waals surface area contributed by atoms with Gasteiger partial charge in [-0.25, -0.2) is 0 Å². The number of hydrogen-bond acceptors (Lipinski definition) is 4. The number of hydrogen-bond donors (Lipinski definition) is 0. The van der Waals surface area contributed by atoms with Gasteiger partial charge in [0.25, 0.3) is 0 Å². The van der Waals surface area contributed by atoms with Gasteiger partial charge in [-0.3, -0.25) is 4.40 Å². The Morgan fingerprint density at radius 2 is 1.68 bits per heavy atom. The molecule has 0 N–H and O–H groups in total. The van der Waals surface area contributed by atoms with Gasteiger partial charge in [0.05, 0.1) is 12.1 Å². The van der Waals surface area contributed by atoms with Crippen LogP contribution in [0.15, 0.2) is 71.9 Å². The maximum Gasteiger partial charge on any atom is 0.196 e. The first kappa shape index (κ1) is 16.0. The lowest BCUT2D eigenvalue weighted by Gasteiger charge is -2.06. The van der Waals surface area contributed by atoms with E-state index in [1.54, 1.807) is 11.8 Å². The van der Waals surface area contributed by atoms with Crippen molar-refractivity contribution >= 4 is 28.3 Å². The Bertz CT molecular complexity index is 968. The molecule has 0 aliphatic rings. The summed E-state index contributed by atoms with van der Waals surface area (Å²) in [6.45, 7) is 0.744. The first-order chi connectivity index (χ1) is 12.4. The summed E-state index contributed by atoms with van der Waals surface area (Å²) in [6, 6.07) is 22.4. The molecule has 0 saturated heterocycles. The monoisotopic (exact) mass is 349 g/mol. The van der Waals surface area contributed by atoms with Crippen molar-refractivity contribution in [3.05, 3.63) is 66.7 Å². The minimum Gasteiger partial charge on any atom is -0.494 e. The zero-order chi connectivity index (χ0) is 16.9. The minimum absolute atomic E-state index is 0.744. The van der Waals surface area contributed by atoms with E-state index >= 15 is 0 Å². The molecule has 0 unspecified atom stereocenters. The summed E-state index contributed by atoms with van der Waals surface area (Å²) in [4.78, 5) is 0. The van der Waals surface area contributed by atoms with Gasteiger partial charge in [-0.15, -0.1) is 10.2 Å². The fourth-order valence-electron chi connectivity index (χ4n) is 2.78. The molecular formula is C20H19N3OS. The molecule has 0 radical (unpaired) electrons. The maximum atomic E-state index is 5.73. The first-order valence-corrected chi connectivity index (χ1v) is 9.44. The largest absolute Gasteiger partial charge is 0.494 e. The highest BCUT2D eigenvalue weighted by Gasteiger charge is 2.08. The molecule has 4 nitrogen and oxygen atoms in total. The Labute approximate surface area is 150 Å². The second kappa shape index (κ2) is 7.57. The van der Waals surface area contributed by atoms with Crippen LogP contribution in [-0.2, 0) is 0 Å². The number of unbranched alkanes of at least 4 members (excludes halogenated alkanes) is 1. The third kappa shape index (κ3) is 3.61. The van der Waals surface area contributed by atoms with Gasteiger partial charge in [-0.2, -0.15) is 0 Å². The zero-order valence-electron chi connectivity index (χ0n) is 13.8.